The van der Waals surface area contributed by atoms with E-state index in [0.717, 1.165) is 0 Å². The van der Waals surface area contributed by atoms with Crippen molar-refractivity contribution in [2.75, 3.05) is 24.7 Å². The highest BCUT2D eigenvalue weighted by atomic mass is 32.2. The van der Waals surface area contributed by atoms with Crippen LogP contribution in [0.25, 0.3) is 0 Å². The molecule has 2 rings (SSSR count). The number of thioether (sulfide) groups is 1. The third-order valence-corrected chi connectivity index (χ3v) is 3.96. The first-order valence-electron chi connectivity index (χ1n) is 5.52. The Morgan fingerprint density at radius 2 is 2.26 bits per heavy atom. The maximum absolute atomic E-state index is 11.9. The van der Waals surface area contributed by atoms with Gasteiger partial charge in [0.1, 0.15) is 16.6 Å². The van der Waals surface area contributed by atoms with Crippen molar-refractivity contribution < 1.29 is 14.3 Å². The van der Waals surface area contributed by atoms with Crippen molar-refractivity contribution in [1.82, 2.24) is 4.90 Å². The summed E-state index contributed by atoms with van der Waals surface area (Å²) in [6.07, 6.45) is 0. The quantitative estimate of drug-likeness (QED) is 0.853. The van der Waals surface area contributed by atoms with E-state index in [4.69, 9.17) is 17.0 Å². The van der Waals surface area contributed by atoms with E-state index in [2.05, 4.69) is 5.32 Å². The van der Waals surface area contributed by atoms with Crippen LogP contribution in [0, 0.1) is 0 Å². The number of carbonyl (C=O) groups excluding carboxylic acids is 2. The van der Waals surface area contributed by atoms with Gasteiger partial charge in [0.05, 0.1) is 18.6 Å². The summed E-state index contributed by atoms with van der Waals surface area (Å²) in [5.41, 5.74) is 0.570. The highest BCUT2D eigenvalue weighted by molar-refractivity contribution is 8.23. The summed E-state index contributed by atoms with van der Waals surface area (Å²) in [6.45, 7) is -0.0668. The Bertz CT molecular complexity index is 517. The third kappa shape index (κ3) is 3.24. The van der Waals surface area contributed by atoms with E-state index < -0.39 is 0 Å². The summed E-state index contributed by atoms with van der Waals surface area (Å²) in [5, 5.41) is 2.70. The molecule has 5 nitrogen and oxygen atoms in total. The fourth-order valence-electron chi connectivity index (χ4n) is 1.62. The van der Waals surface area contributed by atoms with E-state index in [0.29, 0.717) is 21.5 Å². The molecule has 0 spiro atoms. The summed E-state index contributed by atoms with van der Waals surface area (Å²) < 4.78 is 5.58. The van der Waals surface area contributed by atoms with Crippen LogP contribution in [0.3, 0.4) is 0 Å². The van der Waals surface area contributed by atoms with Crippen LogP contribution in [-0.2, 0) is 9.59 Å². The summed E-state index contributed by atoms with van der Waals surface area (Å²) in [5.74, 6) is 0.439. The number of methoxy groups -OCH3 is 1. The number of rotatable bonds is 4. The first-order valence-corrected chi connectivity index (χ1v) is 6.91. The molecular weight excluding hydrogens is 284 g/mol. The number of para-hydroxylation sites is 2. The summed E-state index contributed by atoms with van der Waals surface area (Å²) >= 11 is 6.29. The molecule has 1 aliphatic rings. The van der Waals surface area contributed by atoms with Gasteiger partial charge < -0.3 is 10.1 Å². The lowest BCUT2D eigenvalue weighted by Crippen LogP contribution is -2.36. The van der Waals surface area contributed by atoms with Gasteiger partial charge in [-0.1, -0.05) is 36.1 Å². The Hall–Kier alpha value is -1.60. The zero-order chi connectivity index (χ0) is 13.8. The lowest BCUT2D eigenvalue weighted by atomic mass is 10.3. The molecule has 1 aliphatic heterocycles. The number of thiocarbonyl (C=S) groups is 1. The molecule has 1 heterocycles. The Balaban J connectivity index is 2.01. The van der Waals surface area contributed by atoms with Gasteiger partial charge in [0, 0.05) is 0 Å². The van der Waals surface area contributed by atoms with Gasteiger partial charge in [-0.25, -0.2) is 0 Å². The van der Waals surface area contributed by atoms with Crippen LogP contribution >= 0.6 is 24.0 Å². The molecule has 0 atom stereocenters. The summed E-state index contributed by atoms with van der Waals surface area (Å²) in [4.78, 5) is 24.7. The minimum absolute atomic E-state index is 0.0668. The fourth-order valence-corrected chi connectivity index (χ4v) is 2.68. The predicted molar refractivity (Wildman–Crippen MR) is 78.4 cm³/mol. The molecule has 1 fully saturated rings. The number of anilines is 1. The molecule has 0 aromatic heterocycles. The summed E-state index contributed by atoms with van der Waals surface area (Å²) in [6, 6.07) is 7.08. The number of nitrogens with zero attached hydrogens (tertiary/aromatic N) is 1. The second-order valence-corrected chi connectivity index (χ2v) is 5.39. The maximum Gasteiger partial charge on any atom is 0.244 e. The zero-order valence-electron chi connectivity index (χ0n) is 10.2. The number of nitrogens with one attached hydrogen (secondary N) is 1. The number of benzene rings is 1. The van der Waals surface area contributed by atoms with Crippen LogP contribution < -0.4 is 10.1 Å². The van der Waals surface area contributed by atoms with Crippen molar-refractivity contribution in [2.24, 2.45) is 0 Å². The monoisotopic (exact) mass is 296 g/mol. The van der Waals surface area contributed by atoms with Gasteiger partial charge in [-0.2, -0.15) is 0 Å². The van der Waals surface area contributed by atoms with Crippen LogP contribution in [0.2, 0.25) is 0 Å². The van der Waals surface area contributed by atoms with Crippen molar-refractivity contribution in [1.29, 1.82) is 0 Å². The van der Waals surface area contributed by atoms with Crippen molar-refractivity contribution in [3.05, 3.63) is 24.3 Å². The Morgan fingerprint density at radius 1 is 1.53 bits per heavy atom. The van der Waals surface area contributed by atoms with E-state index in [1.54, 1.807) is 18.2 Å². The molecule has 1 saturated heterocycles. The molecule has 0 unspecified atom stereocenters. The Morgan fingerprint density at radius 3 is 2.89 bits per heavy atom. The lowest BCUT2D eigenvalue weighted by Gasteiger charge is -2.15. The first kappa shape index (κ1) is 13.8. The van der Waals surface area contributed by atoms with Crippen molar-refractivity contribution >= 4 is 45.8 Å². The normalized spacial score (nSPS) is 14.7. The molecule has 2 amide bonds. The summed E-state index contributed by atoms with van der Waals surface area (Å²) in [7, 11) is 1.53. The number of carbonyl (C=O) groups is 2. The fraction of sp³-hybridized carbons (Fsp3) is 0.250. The van der Waals surface area contributed by atoms with E-state index in [9.17, 15) is 9.59 Å². The van der Waals surface area contributed by atoms with Gasteiger partial charge in [-0.05, 0) is 12.1 Å². The molecule has 0 radical (unpaired) electrons. The minimum Gasteiger partial charge on any atom is -0.495 e. The lowest BCUT2D eigenvalue weighted by molar-refractivity contribution is -0.127. The molecule has 0 aliphatic carbocycles. The number of hydrogen-bond donors (Lipinski definition) is 1. The van der Waals surface area contributed by atoms with Crippen LogP contribution in [-0.4, -0.2) is 40.4 Å². The van der Waals surface area contributed by atoms with E-state index in [1.165, 1.54) is 23.8 Å². The van der Waals surface area contributed by atoms with Crippen molar-refractivity contribution in [3.63, 3.8) is 0 Å². The molecule has 0 bridgehead atoms. The molecule has 1 aromatic carbocycles. The van der Waals surface area contributed by atoms with Gasteiger partial charge in [0.2, 0.25) is 11.8 Å². The smallest absolute Gasteiger partial charge is 0.244 e. The SMILES string of the molecule is COc1ccccc1NC(=O)CN1C(=O)CSC1=S. The minimum atomic E-state index is -0.303. The average molecular weight is 296 g/mol. The van der Waals surface area contributed by atoms with Crippen molar-refractivity contribution in [2.45, 2.75) is 0 Å². The largest absolute Gasteiger partial charge is 0.495 e. The Kier molecular flexibility index (Phi) is 4.39. The number of amides is 2. The zero-order valence-corrected chi connectivity index (χ0v) is 11.8. The molecule has 0 saturated carbocycles. The van der Waals surface area contributed by atoms with E-state index >= 15 is 0 Å². The number of hydrogen-bond acceptors (Lipinski definition) is 5. The maximum atomic E-state index is 11.9. The highest BCUT2D eigenvalue weighted by Crippen LogP contribution is 2.23. The average Bonchev–Trinajstić information content (AvgIpc) is 2.71. The van der Waals surface area contributed by atoms with Gasteiger partial charge in [0.15, 0.2) is 0 Å². The van der Waals surface area contributed by atoms with Gasteiger partial charge in [-0.3, -0.25) is 14.5 Å². The van der Waals surface area contributed by atoms with Crippen LogP contribution in [0.4, 0.5) is 5.69 Å². The van der Waals surface area contributed by atoms with E-state index in [-0.39, 0.29) is 18.4 Å². The standard InChI is InChI=1S/C12H12N2O3S2/c1-17-9-5-3-2-4-8(9)13-10(15)6-14-11(16)7-19-12(14)18/h2-5H,6-7H2,1H3,(H,13,15). The molecule has 1 aromatic rings. The van der Waals surface area contributed by atoms with Crippen LogP contribution in [0.15, 0.2) is 24.3 Å². The third-order valence-electron chi connectivity index (χ3n) is 2.52. The highest BCUT2D eigenvalue weighted by Gasteiger charge is 2.28. The van der Waals surface area contributed by atoms with Crippen LogP contribution in [0.5, 0.6) is 5.75 Å². The molecule has 100 valence electrons. The van der Waals surface area contributed by atoms with Gasteiger partial charge >= 0.3 is 0 Å². The Labute approximate surface area is 120 Å². The number of ether oxygens (including phenoxy) is 1. The molecular formula is C12H12N2O3S2. The second kappa shape index (κ2) is 6.03. The van der Waals surface area contributed by atoms with Gasteiger partial charge in [-0.15, -0.1) is 0 Å². The second-order valence-electron chi connectivity index (χ2n) is 3.78. The topological polar surface area (TPSA) is 58.6 Å². The molecule has 19 heavy (non-hydrogen) atoms. The van der Waals surface area contributed by atoms with E-state index in [1.807, 2.05) is 6.07 Å². The molecule has 7 heteroatoms. The van der Waals surface area contributed by atoms with Gasteiger partial charge in [0.25, 0.3) is 0 Å². The van der Waals surface area contributed by atoms with Crippen molar-refractivity contribution in [3.8, 4) is 5.75 Å². The molecule has 1 N–H and O–H groups in total. The first-order chi connectivity index (χ1) is 9.11. The van der Waals surface area contributed by atoms with Crippen LogP contribution in [0.1, 0.15) is 0 Å². The predicted octanol–water partition coefficient (Wildman–Crippen LogP) is 1.49.